The molecule has 0 aromatic heterocycles. The van der Waals surface area contributed by atoms with E-state index in [4.69, 9.17) is 4.74 Å². The average Bonchev–Trinajstić information content (AvgIpc) is 2.30. The van der Waals surface area contributed by atoms with Crippen molar-refractivity contribution in [3.05, 3.63) is 28.2 Å². The zero-order chi connectivity index (χ0) is 8.39. The summed E-state index contributed by atoms with van der Waals surface area (Å²) in [6.45, 7) is 2.56. The predicted octanol–water partition coefficient (Wildman–Crippen LogP) is 2.35. The monoisotopic (exact) mass is 263 g/mol. The second kappa shape index (κ2) is 4.84. The number of nitrogens with one attached hydrogen (secondary N) is 1. The summed E-state index contributed by atoms with van der Waals surface area (Å²) >= 11 is 3.46. The molecule has 4 heteroatoms. The Morgan fingerprint density at radius 3 is 3.08 bits per heavy atom. The quantitative estimate of drug-likeness (QED) is 0.777. The molecule has 2 rings (SSSR count). The molecule has 2 nitrogen and oxygen atoms in total. The molecule has 1 N–H and O–H groups in total. The van der Waals surface area contributed by atoms with E-state index in [0.717, 1.165) is 29.9 Å². The molecule has 0 bridgehead atoms. The lowest BCUT2D eigenvalue weighted by molar-refractivity contribution is 0.324. The summed E-state index contributed by atoms with van der Waals surface area (Å²) in [5.41, 5.74) is 1.22. The molecular formula is C9H11BrClNO. The number of benzene rings is 1. The lowest BCUT2D eigenvalue weighted by Crippen LogP contribution is -2.16. The molecule has 0 atom stereocenters. The number of para-hydroxylation sites is 1. The first kappa shape index (κ1) is 10.8. The molecule has 0 aliphatic carbocycles. The highest BCUT2D eigenvalue weighted by Crippen LogP contribution is 2.29. The van der Waals surface area contributed by atoms with Crippen LogP contribution in [0.5, 0.6) is 5.75 Å². The number of ether oxygens (including phenoxy) is 1. The first-order valence-electron chi connectivity index (χ1n) is 3.99. The molecule has 1 aromatic rings. The molecule has 0 radical (unpaired) electrons. The zero-order valence-corrected chi connectivity index (χ0v) is 9.45. The van der Waals surface area contributed by atoms with Gasteiger partial charge < -0.3 is 10.1 Å². The summed E-state index contributed by atoms with van der Waals surface area (Å²) in [4.78, 5) is 0. The third-order valence-electron chi connectivity index (χ3n) is 1.89. The third kappa shape index (κ3) is 2.36. The van der Waals surface area contributed by atoms with E-state index in [-0.39, 0.29) is 12.4 Å². The molecule has 0 saturated heterocycles. The summed E-state index contributed by atoms with van der Waals surface area (Å²) in [7, 11) is 0. The van der Waals surface area contributed by atoms with Crippen molar-refractivity contribution in [3.63, 3.8) is 0 Å². The van der Waals surface area contributed by atoms with Gasteiger partial charge in [0, 0.05) is 18.7 Å². The van der Waals surface area contributed by atoms with Crippen LogP contribution < -0.4 is 10.1 Å². The summed E-state index contributed by atoms with van der Waals surface area (Å²) in [5, 5.41) is 3.28. The van der Waals surface area contributed by atoms with Gasteiger partial charge in [0.15, 0.2) is 0 Å². The maximum atomic E-state index is 5.57. The SMILES string of the molecule is Brc1cccc2c1OCCNC2.Cl. The van der Waals surface area contributed by atoms with Crippen molar-refractivity contribution >= 4 is 28.3 Å². The Balaban J connectivity index is 0.000000845. The van der Waals surface area contributed by atoms with E-state index in [1.54, 1.807) is 0 Å². The standard InChI is InChI=1S/C9H10BrNO.ClH/c10-8-3-1-2-7-6-11-4-5-12-9(7)8;/h1-3,11H,4-6H2;1H. The Bertz CT molecular complexity index is 293. The number of hydrogen-bond acceptors (Lipinski definition) is 2. The van der Waals surface area contributed by atoms with Crippen LogP contribution in [0.1, 0.15) is 5.56 Å². The highest BCUT2D eigenvalue weighted by Gasteiger charge is 2.10. The predicted molar refractivity (Wildman–Crippen MR) is 58.6 cm³/mol. The van der Waals surface area contributed by atoms with Crippen LogP contribution in [0.3, 0.4) is 0 Å². The number of rotatable bonds is 0. The Morgan fingerprint density at radius 1 is 1.38 bits per heavy atom. The Kier molecular flexibility index (Phi) is 4.03. The van der Waals surface area contributed by atoms with Gasteiger partial charge in [-0.2, -0.15) is 0 Å². The molecule has 0 unspecified atom stereocenters. The van der Waals surface area contributed by atoms with Crippen LogP contribution in [0.4, 0.5) is 0 Å². The maximum absolute atomic E-state index is 5.57. The van der Waals surface area contributed by atoms with Crippen LogP contribution in [0.15, 0.2) is 22.7 Å². The van der Waals surface area contributed by atoms with E-state index < -0.39 is 0 Å². The Labute approximate surface area is 92.2 Å². The zero-order valence-electron chi connectivity index (χ0n) is 7.05. The average molecular weight is 265 g/mol. The van der Waals surface area contributed by atoms with Crippen LogP contribution in [-0.2, 0) is 6.54 Å². The molecule has 1 heterocycles. The van der Waals surface area contributed by atoms with E-state index in [1.807, 2.05) is 12.1 Å². The van der Waals surface area contributed by atoms with Gasteiger partial charge in [-0.1, -0.05) is 12.1 Å². The number of hydrogen-bond donors (Lipinski definition) is 1. The van der Waals surface area contributed by atoms with Crippen molar-refractivity contribution in [3.8, 4) is 5.75 Å². The first-order chi connectivity index (χ1) is 5.88. The molecule has 1 aliphatic rings. The fourth-order valence-electron chi connectivity index (χ4n) is 1.30. The fraction of sp³-hybridized carbons (Fsp3) is 0.333. The maximum Gasteiger partial charge on any atom is 0.138 e. The summed E-state index contributed by atoms with van der Waals surface area (Å²) in [6.07, 6.45) is 0. The second-order valence-electron chi connectivity index (χ2n) is 2.75. The Hall–Kier alpha value is -0.250. The molecular weight excluding hydrogens is 253 g/mol. The molecule has 0 fully saturated rings. The van der Waals surface area contributed by atoms with Gasteiger partial charge in [0.1, 0.15) is 12.4 Å². The van der Waals surface area contributed by atoms with E-state index in [0.29, 0.717) is 0 Å². The van der Waals surface area contributed by atoms with Gasteiger partial charge in [-0.3, -0.25) is 0 Å². The van der Waals surface area contributed by atoms with Crippen molar-refractivity contribution in [1.82, 2.24) is 5.32 Å². The molecule has 0 amide bonds. The van der Waals surface area contributed by atoms with Crippen molar-refractivity contribution in [2.75, 3.05) is 13.2 Å². The van der Waals surface area contributed by atoms with Gasteiger partial charge in [0.05, 0.1) is 4.47 Å². The van der Waals surface area contributed by atoms with Gasteiger partial charge >= 0.3 is 0 Å². The third-order valence-corrected chi connectivity index (χ3v) is 2.51. The van der Waals surface area contributed by atoms with Gasteiger partial charge in [-0.05, 0) is 22.0 Å². The molecule has 1 aromatic carbocycles. The van der Waals surface area contributed by atoms with Crippen molar-refractivity contribution < 1.29 is 4.74 Å². The summed E-state index contributed by atoms with van der Waals surface area (Å²) < 4.78 is 6.61. The highest BCUT2D eigenvalue weighted by molar-refractivity contribution is 9.10. The lowest BCUT2D eigenvalue weighted by atomic mass is 10.2. The lowest BCUT2D eigenvalue weighted by Gasteiger charge is -2.07. The van der Waals surface area contributed by atoms with Crippen LogP contribution in [0, 0.1) is 0 Å². The summed E-state index contributed by atoms with van der Waals surface area (Å²) in [5.74, 6) is 0.988. The minimum Gasteiger partial charge on any atom is -0.491 e. The van der Waals surface area contributed by atoms with Gasteiger partial charge in [-0.15, -0.1) is 12.4 Å². The minimum atomic E-state index is 0. The van der Waals surface area contributed by atoms with E-state index in [9.17, 15) is 0 Å². The van der Waals surface area contributed by atoms with Gasteiger partial charge in [0.2, 0.25) is 0 Å². The van der Waals surface area contributed by atoms with E-state index in [2.05, 4.69) is 27.3 Å². The molecule has 0 spiro atoms. The van der Waals surface area contributed by atoms with Crippen molar-refractivity contribution in [2.45, 2.75) is 6.54 Å². The molecule has 1 aliphatic heterocycles. The van der Waals surface area contributed by atoms with Crippen molar-refractivity contribution in [1.29, 1.82) is 0 Å². The second-order valence-corrected chi connectivity index (χ2v) is 3.61. The molecule has 13 heavy (non-hydrogen) atoms. The van der Waals surface area contributed by atoms with Crippen LogP contribution in [0.25, 0.3) is 0 Å². The van der Waals surface area contributed by atoms with Crippen LogP contribution in [-0.4, -0.2) is 13.2 Å². The smallest absolute Gasteiger partial charge is 0.138 e. The van der Waals surface area contributed by atoms with E-state index in [1.165, 1.54) is 5.56 Å². The molecule has 0 saturated carbocycles. The van der Waals surface area contributed by atoms with Gasteiger partial charge in [-0.25, -0.2) is 0 Å². The largest absolute Gasteiger partial charge is 0.491 e. The fourth-order valence-corrected chi connectivity index (χ4v) is 1.82. The Morgan fingerprint density at radius 2 is 2.23 bits per heavy atom. The van der Waals surface area contributed by atoms with Gasteiger partial charge in [0.25, 0.3) is 0 Å². The van der Waals surface area contributed by atoms with Crippen LogP contribution in [0.2, 0.25) is 0 Å². The highest BCUT2D eigenvalue weighted by atomic mass is 79.9. The first-order valence-corrected chi connectivity index (χ1v) is 4.78. The number of halogens is 2. The van der Waals surface area contributed by atoms with Crippen molar-refractivity contribution in [2.24, 2.45) is 0 Å². The normalized spacial score (nSPS) is 14.8. The minimum absolute atomic E-state index is 0. The topological polar surface area (TPSA) is 21.3 Å². The number of fused-ring (bicyclic) bond motifs is 1. The molecule has 72 valence electrons. The van der Waals surface area contributed by atoms with E-state index >= 15 is 0 Å². The van der Waals surface area contributed by atoms with Crippen LogP contribution >= 0.6 is 28.3 Å². The summed E-state index contributed by atoms with van der Waals surface area (Å²) in [6, 6.07) is 6.11.